The van der Waals surface area contributed by atoms with Gasteiger partial charge in [-0.2, -0.15) is 5.26 Å². The van der Waals surface area contributed by atoms with E-state index >= 15 is 0 Å². The molecule has 0 spiro atoms. The van der Waals surface area contributed by atoms with Gasteiger partial charge in [-0.05, 0) is 45.3 Å². The molecule has 3 aromatic heterocycles. The van der Waals surface area contributed by atoms with Crippen molar-refractivity contribution in [2.75, 3.05) is 20.7 Å². The second-order valence-electron chi connectivity index (χ2n) is 9.55. The van der Waals surface area contributed by atoms with Gasteiger partial charge in [0.1, 0.15) is 30.1 Å². The Balaban J connectivity index is 1.50. The van der Waals surface area contributed by atoms with Crippen molar-refractivity contribution in [3.63, 3.8) is 0 Å². The monoisotopic (exact) mass is 591 g/mol. The zero-order valence-electron chi connectivity index (χ0n) is 22.2. The highest BCUT2D eigenvalue weighted by Gasteiger charge is 2.21. The number of benzene rings is 2. The standard InChI is InChI=1S/C29H23ClFN5O4S/c1-15-34-23-11-22(31)20(13-35(2)3)19(12-32)25(23)28(37)36(15)8-9-40-24-5-4-16(30)10-18(24)17-6-7-33-26-21(29(38)39)14-41-27(17)26/h4-7,10-11,14H,8-9,13H2,1-3H3,(H,38,39). The molecule has 0 unspecified atom stereocenters. The topological polar surface area (TPSA) is 121 Å². The zero-order valence-corrected chi connectivity index (χ0v) is 23.8. The van der Waals surface area contributed by atoms with E-state index in [-0.39, 0.29) is 47.3 Å². The van der Waals surface area contributed by atoms with Gasteiger partial charge < -0.3 is 14.7 Å². The average molecular weight is 592 g/mol. The number of carboxylic acids is 1. The number of nitrogens with zero attached hydrogens (tertiary/aromatic N) is 5. The first-order chi connectivity index (χ1) is 19.6. The molecule has 0 bridgehead atoms. The van der Waals surface area contributed by atoms with Gasteiger partial charge in [0.05, 0.1) is 38.8 Å². The molecule has 0 aliphatic heterocycles. The number of hydrogen-bond acceptors (Lipinski definition) is 8. The maximum atomic E-state index is 14.8. The van der Waals surface area contributed by atoms with Crippen LogP contribution in [-0.4, -0.2) is 51.2 Å². The second-order valence-corrected chi connectivity index (χ2v) is 10.9. The number of carboxylic acid groups (broad SMARTS) is 1. The number of hydrogen-bond donors (Lipinski definition) is 1. The summed E-state index contributed by atoms with van der Waals surface area (Å²) in [6.07, 6.45) is 1.53. The average Bonchev–Trinajstić information content (AvgIpc) is 3.36. The zero-order chi connectivity index (χ0) is 29.4. The van der Waals surface area contributed by atoms with E-state index in [0.717, 1.165) is 0 Å². The van der Waals surface area contributed by atoms with Gasteiger partial charge in [-0.25, -0.2) is 14.2 Å². The third-order valence-electron chi connectivity index (χ3n) is 6.57. The number of fused-ring (bicyclic) bond motifs is 2. The van der Waals surface area contributed by atoms with Crippen LogP contribution < -0.4 is 10.3 Å². The van der Waals surface area contributed by atoms with Crippen molar-refractivity contribution in [1.82, 2.24) is 19.4 Å². The molecular formula is C29H23ClFN5O4S. The molecule has 208 valence electrons. The number of pyridine rings is 1. The number of thiophene rings is 1. The maximum Gasteiger partial charge on any atom is 0.338 e. The summed E-state index contributed by atoms with van der Waals surface area (Å²) in [5, 5.41) is 21.4. The molecule has 0 saturated heterocycles. The normalized spacial score (nSPS) is 11.3. The van der Waals surface area contributed by atoms with Gasteiger partial charge in [-0.1, -0.05) is 11.6 Å². The molecule has 0 atom stereocenters. The molecule has 41 heavy (non-hydrogen) atoms. The number of carbonyl (C=O) groups is 1. The third-order valence-corrected chi connectivity index (χ3v) is 7.80. The van der Waals surface area contributed by atoms with Crippen LogP contribution in [0.25, 0.3) is 32.2 Å². The first-order valence-electron chi connectivity index (χ1n) is 12.4. The lowest BCUT2D eigenvalue weighted by molar-refractivity contribution is 0.0699. The molecule has 3 heterocycles. The van der Waals surface area contributed by atoms with Crippen LogP contribution >= 0.6 is 22.9 Å². The van der Waals surface area contributed by atoms with Crippen molar-refractivity contribution >= 4 is 50.0 Å². The first-order valence-corrected chi connectivity index (χ1v) is 13.7. The summed E-state index contributed by atoms with van der Waals surface area (Å²) in [5.74, 6) is -0.831. The Morgan fingerprint density at radius 1 is 1.27 bits per heavy atom. The van der Waals surface area contributed by atoms with E-state index in [1.54, 1.807) is 55.6 Å². The van der Waals surface area contributed by atoms with E-state index in [1.807, 2.05) is 6.07 Å². The SMILES string of the molecule is Cc1nc2cc(F)c(CN(C)C)c(C#N)c2c(=O)n1CCOc1ccc(Cl)cc1-c1ccnc2c(C(=O)O)csc12. The quantitative estimate of drug-likeness (QED) is 0.252. The van der Waals surface area contributed by atoms with Crippen molar-refractivity contribution in [3.8, 4) is 22.9 Å². The van der Waals surface area contributed by atoms with Crippen molar-refractivity contribution in [2.45, 2.75) is 20.0 Å². The summed E-state index contributed by atoms with van der Waals surface area (Å²) in [6.45, 7) is 1.96. The minimum atomic E-state index is -1.07. The lowest BCUT2D eigenvalue weighted by Gasteiger charge is -2.17. The summed E-state index contributed by atoms with van der Waals surface area (Å²) in [5.41, 5.74) is 1.61. The van der Waals surface area contributed by atoms with Crippen LogP contribution in [0.1, 0.15) is 27.3 Å². The Bertz CT molecular complexity index is 1950. The fraction of sp³-hybridized carbons (Fsp3) is 0.207. The van der Waals surface area contributed by atoms with Gasteiger partial charge in [0, 0.05) is 45.9 Å². The Hall–Kier alpha value is -4.37. The van der Waals surface area contributed by atoms with E-state index in [9.17, 15) is 24.3 Å². The van der Waals surface area contributed by atoms with Crippen LogP contribution in [0.2, 0.25) is 5.02 Å². The van der Waals surface area contributed by atoms with Crippen LogP contribution in [0.4, 0.5) is 4.39 Å². The van der Waals surface area contributed by atoms with Crippen LogP contribution in [-0.2, 0) is 13.1 Å². The molecular weight excluding hydrogens is 569 g/mol. The van der Waals surface area contributed by atoms with Crippen molar-refractivity contribution in [2.24, 2.45) is 0 Å². The summed E-state index contributed by atoms with van der Waals surface area (Å²) < 4.78 is 23.0. The predicted octanol–water partition coefficient (Wildman–Crippen LogP) is 5.48. The van der Waals surface area contributed by atoms with Gasteiger partial charge >= 0.3 is 5.97 Å². The number of nitriles is 1. The van der Waals surface area contributed by atoms with Crippen molar-refractivity contribution in [3.05, 3.63) is 85.6 Å². The maximum absolute atomic E-state index is 14.8. The molecule has 0 amide bonds. The van der Waals surface area contributed by atoms with Crippen LogP contribution in [0.3, 0.4) is 0 Å². The van der Waals surface area contributed by atoms with Gasteiger partial charge in [-0.15, -0.1) is 11.3 Å². The summed E-state index contributed by atoms with van der Waals surface area (Å²) in [7, 11) is 3.50. The Labute approximate surface area is 242 Å². The van der Waals surface area contributed by atoms with E-state index in [4.69, 9.17) is 16.3 Å². The third kappa shape index (κ3) is 5.25. The van der Waals surface area contributed by atoms with Crippen LogP contribution in [0, 0.1) is 24.1 Å². The molecule has 0 aliphatic carbocycles. The molecule has 5 aromatic rings. The summed E-state index contributed by atoms with van der Waals surface area (Å²) >= 11 is 7.57. The summed E-state index contributed by atoms with van der Waals surface area (Å²) in [4.78, 5) is 35.6. The van der Waals surface area contributed by atoms with Crippen molar-refractivity contribution in [1.29, 1.82) is 5.26 Å². The highest BCUT2D eigenvalue weighted by Crippen LogP contribution is 2.39. The number of rotatable bonds is 8. The van der Waals surface area contributed by atoms with Gasteiger partial charge in [0.2, 0.25) is 0 Å². The van der Waals surface area contributed by atoms with Crippen LogP contribution in [0.5, 0.6) is 5.75 Å². The van der Waals surface area contributed by atoms with E-state index in [1.165, 1.54) is 28.2 Å². The van der Waals surface area contributed by atoms with Crippen LogP contribution in [0.15, 0.2) is 46.7 Å². The molecule has 0 aliphatic rings. The fourth-order valence-electron chi connectivity index (χ4n) is 4.74. The first kappa shape index (κ1) is 28.2. The lowest BCUT2D eigenvalue weighted by atomic mass is 10.0. The molecule has 2 aromatic carbocycles. The number of aromatic carboxylic acids is 1. The molecule has 12 heteroatoms. The minimum Gasteiger partial charge on any atom is -0.491 e. The molecule has 9 nitrogen and oxygen atoms in total. The number of ether oxygens (including phenoxy) is 1. The lowest BCUT2D eigenvalue weighted by Crippen LogP contribution is -2.28. The predicted molar refractivity (Wildman–Crippen MR) is 155 cm³/mol. The molecule has 1 N–H and O–H groups in total. The van der Waals surface area contributed by atoms with Crippen molar-refractivity contribution < 1.29 is 19.0 Å². The number of aromatic nitrogens is 3. The largest absolute Gasteiger partial charge is 0.491 e. The fourth-order valence-corrected chi connectivity index (χ4v) is 5.94. The number of halogens is 2. The molecule has 5 rings (SSSR count). The Morgan fingerprint density at radius 2 is 2.05 bits per heavy atom. The molecule has 0 saturated carbocycles. The highest BCUT2D eigenvalue weighted by atomic mass is 35.5. The van der Waals surface area contributed by atoms with Gasteiger partial charge in [0.25, 0.3) is 5.56 Å². The Kier molecular flexibility index (Phi) is 7.73. The molecule has 0 fully saturated rings. The minimum absolute atomic E-state index is 0.0285. The van der Waals surface area contributed by atoms with Gasteiger partial charge in [-0.3, -0.25) is 14.3 Å². The second kappa shape index (κ2) is 11.2. The number of aryl methyl sites for hydroxylation is 1. The summed E-state index contributed by atoms with van der Waals surface area (Å²) in [6, 6.07) is 10.1. The van der Waals surface area contributed by atoms with E-state index in [0.29, 0.717) is 37.9 Å². The highest BCUT2D eigenvalue weighted by molar-refractivity contribution is 7.18. The molecule has 0 radical (unpaired) electrons. The van der Waals surface area contributed by atoms with Gasteiger partial charge in [0.15, 0.2) is 0 Å². The Morgan fingerprint density at radius 3 is 2.76 bits per heavy atom. The smallest absolute Gasteiger partial charge is 0.338 e. The van der Waals surface area contributed by atoms with E-state index in [2.05, 4.69) is 9.97 Å². The van der Waals surface area contributed by atoms with E-state index < -0.39 is 17.3 Å².